The first-order valence-electron chi connectivity index (χ1n) is 7.16. The van der Waals surface area contributed by atoms with Gasteiger partial charge in [0.1, 0.15) is 11.5 Å². The van der Waals surface area contributed by atoms with E-state index in [2.05, 4.69) is 30.3 Å². The molecule has 22 heavy (non-hydrogen) atoms. The van der Waals surface area contributed by atoms with Crippen molar-refractivity contribution in [1.82, 2.24) is 0 Å². The highest BCUT2D eigenvalue weighted by Crippen LogP contribution is 2.34. The van der Waals surface area contributed by atoms with E-state index in [-0.39, 0.29) is 11.5 Å². The fourth-order valence-corrected chi connectivity index (χ4v) is 2.86. The number of benzene rings is 4. The first kappa shape index (κ1) is 12.7. The summed E-state index contributed by atoms with van der Waals surface area (Å²) in [4.78, 5) is 0. The van der Waals surface area contributed by atoms with E-state index in [0.29, 0.717) is 5.39 Å². The van der Waals surface area contributed by atoms with Gasteiger partial charge in [-0.05, 0) is 57.6 Å². The molecule has 2 nitrogen and oxygen atoms in total. The second kappa shape index (κ2) is 4.78. The quantitative estimate of drug-likeness (QED) is 0.513. The van der Waals surface area contributed by atoms with Crippen molar-refractivity contribution in [1.29, 1.82) is 0 Å². The van der Waals surface area contributed by atoms with Crippen LogP contribution in [0.2, 0.25) is 0 Å². The molecule has 0 aliphatic rings. The van der Waals surface area contributed by atoms with Gasteiger partial charge in [-0.3, -0.25) is 0 Å². The normalized spacial score (nSPS) is 11.1. The molecule has 0 radical (unpaired) electrons. The van der Waals surface area contributed by atoms with E-state index in [1.165, 1.54) is 10.8 Å². The summed E-state index contributed by atoms with van der Waals surface area (Å²) in [5.74, 6) is 0.331. The largest absolute Gasteiger partial charge is 0.508 e. The topological polar surface area (TPSA) is 40.5 Å². The standard InChI is InChI=1S/C20H14O2/c21-18-8-7-16-10-17(11-20(22)19(16)12-18)15-6-5-13-3-1-2-4-14(13)9-15/h1-12,21-22H. The van der Waals surface area contributed by atoms with Crippen LogP contribution in [0.1, 0.15) is 0 Å². The van der Waals surface area contributed by atoms with Crippen LogP contribution in [0.15, 0.2) is 72.8 Å². The summed E-state index contributed by atoms with van der Waals surface area (Å²) >= 11 is 0. The molecule has 2 N–H and O–H groups in total. The molecule has 4 rings (SSSR count). The summed E-state index contributed by atoms with van der Waals surface area (Å²) in [6.45, 7) is 0. The molecule has 0 fully saturated rings. The van der Waals surface area contributed by atoms with Crippen LogP contribution in [0.4, 0.5) is 0 Å². The second-order valence-electron chi connectivity index (χ2n) is 5.46. The highest BCUT2D eigenvalue weighted by Gasteiger charge is 2.06. The lowest BCUT2D eigenvalue weighted by Gasteiger charge is -2.08. The van der Waals surface area contributed by atoms with Gasteiger partial charge in [0.15, 0.2) is 0 Å². The predicted octanol–water partition coefficient (Wildman–Crippen LogP) is 5.07. The van der Waals surface area contributed by atoms with Gasteiger partial charge in [0.25, 0.3) is 0 Å². The average Bonchev–Trinajstić information content (AvgIpc) is 2.55. The highest BCUT2D eigenvalue weighted by atomic mass is 16.3. The third-order valence-electron chi connectivity index (χ3n) is 4.00. The van der Waals surface area contributed by atoms with Gasteiger partial charge in [-0.2, -0.15) is 0 Å². The zero-order valence-corrected chi connectivity index (χ0v) is 11.8. The molecule has 0 amide bonds. The van der Waals surface area contributed by atoms with Gasteiger partial charge in [0.05, 0.1) is 0 Å². The summed E-state index contributed by atoms with van der Waals surface area (Å²) < 4.78 is 0. The number of phenolic OH excluding ortho intramolecular Hbond substituents is 2. The Morgan fingerprint density at radius 3 is 2.14 bits per heavy atom. The smallest absolute Gasteiger partial charge is 0.124 e. The Labute approximate surface area is 127 Å². The minimum absolute atomic E-state index is 0.154. The predicted molar refractivity (Wildman–Crippen MR) is 90.2 cm³/mol. The van der Waals surface area contributed by atoms with Crippen LogP contribution in [0.5, 0.6) is 11.5 Å². The van der Waals surface area contributed by atoms with Crippen LogP contribution in [-0.2, 0) is 0 Å². The molecule has 106 valence electrons. The van der Waals surface area contributed by atoms with Crippen molar-refractivity contribution in [2.45, 2.75) is 0 Å². The molecule has 0 bridgehead atoms. The van der Waals surface area contributed by atoms with E-state index in [9.17, 15) is 10.2 Å². The van der Waals surface area contributed by atoms with Crippen LogP contribution in [-0.4, -0.2) is 10.2 Å². The molecule has 0 aromatic heterocycles. The van der Waals surface area contributed by atoms with Crippen molar-refractivity contribution in [3.05, 3.63) is 72.8 Å². The molecule has 2 heteroatoms. The third-order valence-corrected chi connectivity index (χ3v) is 4.00. The maximum Gasteiger partial charge on any atom is 0.124 e. The van der Waals surface area contributed by atoms with Gasteiger partial charge < -0.3 is 10.2 Å². The van der Waals surface area contributed by atoms with Crippen LogP contribution in [0.3, 0.4) is 0 Å². The van der Waals surface area contributed by atoms with E-state index in [0.717, 1.165) is 16.5 Å². The Balaban J connectivity index is 1.93. The summed E-state index contributed by atoms with van der Waals surface area (Å²) in [5.41, 5.74) is 2.02. The lowest BCUT2D eigenvalue weighted by atomic mass is 9.98. The fraction of sp³-hybridized carbons (Fsp3) is 0. The highest BCUT2D eigenvalue weighted by molar-refractivity contribution is 5.95. The van der Waals surface area contributed by atoms with Crippen molar-refractivity contribution < 1.29 is 10.2 Å². The summed E-state index contributed by atoms with van der Waals surface area (Å²) in [6, 6.07) is 23.3. The third kappa shape index (κ3) is 2.06. The van der Waals surface area contributed by atoms with Crippen molar-refractivity contribution >= 4 is 21.5 Å². The molecular formula is C20H14O2. The molecule has 0 spiro atoms. The molecule has 0 aliphatic heterocycles. The van der Waals surface area contributed by atoms with Gasteiger partial charge in [0, 0.05) is 5.39 Å². The average molecular weight is 286 g/mol. The molecule has 4 aromatic carbocycles. The maximum atomic E-state index is 10.2. The second-order valence-corrected chi connectivity index (χ2v) is 5.46. The number of rotatable bonds is 1. The van der Waals surface area contributed by atoms with E-state index < -0.39 is 0 Å². The number of aromatic hydroxyl groups is 2. The SMILES string of the molecule is Oc1ccc2cc(-c3ccc4ccccc4c3)cc(O)c2c1. The van der Waals surface area contributed by atoms with Crippen molar-refractivity contribution in [2.75, 3.05) is 0 Å². The van der Waals surface area contributed by atoms with Gasteiger partial charge in [-0.1, -0.05) is 42.5 Å². The summed E-state index contributed by atoms with van der Waals surface area (Å²) in [6.07, 6.45) is 0. The van der Waals surface area contributed by atoms with E-state index in [1.54, 1.807) is 18.2 Å². The summed E-state index contributed by atoms with van der Waals surface area (Å²) in [7, 11) is 0. The Morgan fingerprint density at radius 2 is 1.27 bits per heavy atom. The van der Waals surface area contributed by atoms with E-state index >= 15 is 0 Å². The van der Waals surface area contributed by atoms with Crippen LogP contribution in [0, 0.1) is 0 Å². The van der Waals surface area contributed by atoms with Crippen molar-refractivity contribution in [3.8, 4) is 22.6 Å². The first-order valence-corrected chi connectivity index (χ1v) is 7.16. The van der Waals surface area contributed by atoms with Crippen molar-refractivity contribution in [3.63, 3.8) is 0 Å². The lowest BCUT2D eigenvalue weighted by Crippen LogP contribution is -1.82. The number of hydrogen-bond donors (Lipinski definition) is 2. The molecular weight excluding hydrogens is 272 g/mol. The molecule has 0 aliphatic carbocycles. The number of phenols is 2. The molecule has 0 atom stereocenters. The zero-order valence-electron chi connectivity index (χ0n) is 11.8. The van der Waals surface area contributed by atoms with Crippen LogP contribution >= 0.6 is 0 Å². The van der Waals surface area contributed by atoms with Gasteiger partial charge in [0.2, 0.25) is 0 Å². The molecule has 0 saturated carbocycles. The fourth-order valence-electron chi connectivity index (χ4n) is 2.86. The number of fused-ring (bicyclic) bond motifs is 2. The Morgan fingerprint density at radius 1 is 0.545 bits per heavy atom. The Bertz CT molecular complexity index is 1000. The number of hydrogen-bond acceptors (Lipinski definition) is 2. The zero-order chi connectivity index (χ0) is 15.1. The van der Waals surface area contributed by atoms with E-state index in [1.807, 2.05) is 24.3 Å². The van der Waals surface area contributed by atoms with E-state index in [4.69, 9.17) is 0 Å². The Kier molecular flexibility index (Phi) is 2.76. The minimum atomic E-state index is 0.154. The lowest BCUT2D eigenvalue weighted by molar-refractivity contribution is 0.472. The van der Waals surface area contributed by atoms with Crippen LogP contribution in [0.25, 0.3) is 32.7 Å². The van der Waals surface area contributed by atoms with Crippen LogP contribution < -0.4 is 0 Å². The monoisotopic (exact) mass is 286 g/mol. The van der Waals surface area contributed by atoms with Gasteiger partial charge in [-0.25, -0.2) is 0 Å². The molecule has 0 saturated heterocycles. The van der Waals surface area contributed by atoms with Gasteiger partial charge >= 0.3 is 0 Å². The minimum Gasteiger partial charge on any atom is -0.508 e. The maximum absolute atomic E-state index is 10.2. The molecule has 4 aromatic rings. The Hall–Kier alpha value is -3.00. The van der Waals surface area contributed by atoms with Gasteiger partial charge in [-0.15, -0.1) is 0 Å². The first-order chi connectivity index (χ1) is 10.7. The molecule has 0 heterocycles. The molecule has 0 unspecified atom stereocenters. The summed E-state index contributed by atoms with van der Waals surface area (Å²) in [5, 5.41) is 23.7. The van der Waals surface area contributed by atoms with Crippen molar-refractivity contribution in [2.24, 2.45) is 0 Å².